The Bertz CT molecular complexity index is 454. The number of methoxy groups -OCH3 is 2. The highest BCUT2D eigenvalue weighted by Crippen LogP contribution is 2.27. The van der Waals surface area contributed by atoms with E-state index in [0.29, 0.717) is 6.54 Å². The van der Waals surface area contributed by atoms with Crippen molar-refractivity contribution in [3.05, 3.63) is 24.3 Å². The second-order valence-electron chi connectivity index (χ2n) is 3.31. The SMILES string of the molecule is COC(CNc1snc2ccccc12)OC. The predicted molar refractivity (Wildman–Crippen MR) is 65.9 cm³/mol. The van der Waals surface area contributed by atoms with Gasteiger partial charge in [-0.3, -0.25) is 0 Å². The average Bonchev–Trinajstić information content (AvgIpc) is 2.74. The zero-order chi connectivity index (χ0) is 11.4. The molecular formula is C11H14N2O2S. The molecule has 1 aromatic carbocycles. The summed E-state index contributed by atoms with van der Waals surface area (Å²) in [5.41, 5.74) is 1.02. The normalized spacial score (nSPS) is 11.2. The summed E-state index contributed by atoms with van der Waals surface area (Å²) in [6.45, 7) is 0.610. The second kappa shape index (κ2) is 5.25. The van der Waals surface area contributed by atoms with Crippen molar-refractivity contribution in [3.8, 4) is 0 Å². The molecule has 0 fully saturated rings. The van der Waals surface area contributed by atoms with Crippen molar-refractivity contribution in [1.82, 2.24) is 4.37 Å². The van der Waals surface area contributed by atoms with E-state index >= 15 is 0 Å². The van der Waals surface area contributed by atoms with E-state index in [4.69, 9.17) is 9.47 Å². The number of nitrogens with zero attached hydrogens (tertiary/aromatic N) is 1. The topological polar surface area (TPSA) is 43.4 Å². The fraction of sp³-hybridized carbons (Fsp3) is 0.364. The number of anilines is 1. The Morgan fingerprint density at radius 2 is 2.06 bits per heavy atom. The maximum Gasteiger partial charge on any atom is 0.173 e. The van der Waals surface area contributed by atoms with Gasteiger partial charge in [0.2, 0.25) is 0 Å². The third-order valence-electron chi connectivity index (χ3n) is 2.34. The number of hydrogen-bond acceptors (Lipinski definition) is 5. The molecule has 86 valence electrons. The molecule has 0 amide bonds. The zero-order valence-corrected chi connectivity index (χ0v) is 10.1. The smallest absolute Gasteiger partial charge is 0.173 e. The molecular weight excluding hydrogens is 224 g/mol. The van der Waals surface area contributed by atoms with Gasteiger partial charge in [-0.15, -0.1) is 0 Å². The standard InChI is InChI=1S/C11H14N2O2S/c1-14-10(15-2)7-12-11-8-5-3-4-6-9(8)13-16-11/h3-6,10,12H,7H2,1-2H3. The molecule has 5 heteroatoms. The third-order valence-corrected chi connectivity index (χ3v) is 3.17. The second-order valence-corrected chi connectivity index (χ2v) is 4.08. The van der Waals surface area contributed by atoms with Crippen LogP contribution in [0, 0.1) is 0 Å². The number of rotatable bonds is 5. The molecule has 0 saturated carbocycles. The van der Waals surface area contributed by atoms with Crippen LogP contribution >= 0.6 is 11.5 Å². The Kier molecular flexibility index (Phi) is 3.71. The predicted octanol–water partition coefficient (Wildman–Crippen LogP) is 2.33. The largest absolute Gasteiger partial charge is 0.370 e. The highest BCUT2D eigenvalue weighted by Gasteiger charge is 2.08. The van der Waals surface area contributed by atoms with E-state index in [2.05, 4.69) is 15.8 Å². The van der Waals surface area contributed by atoms with Gasteiger partial charge >= 0.3 is 0 Å². The zero-order valence-electron chi connectivity index (χ0n) is 9.27. The molecule has 0 bridgehead atoms. The lowest BCUT2D eigenvalue weighted by Crippen LogP contribution is -2.23. The number of nitrogens with one attached hydrogen (secondary N) is 1. The first-order valence-electron chi connectivity index (χ1n) is 4.99. The van der Waals surface area contributed by atoms with Gasteiger partial charge in [0, 0.05) is 19.6 Å². The summed E-state index contributed by atoms with van der Waals surface area (Å²) < 4.78 is 14.6. The van der Waals surface area contributed by atoms with Gasteiger partial charge in [-0.05, 0) is 23.7 Å². The summed E-state index contributed by atoms with van der Waals surface area (Å²) in [6, 6.07) is 8.04. The monoisotopic (exact) mass is 238 g/mol. The van der Waals surface area contributed by atoms with E-state index in [-0.39, 0.29) is 6.29 Å². The number of benzene rings is 1. The average molecular weight is 238 g/mol. The number of fused-ring (bicyclic) bond motifs is 1. The van der Waals surface area contributed by atoms with E-state index in [1.54, 1.807) is 14.2 Å². The molecule has 0 saturated heterocycles. The lowest BCUT2D eigenvalue weighted by molar-refractivity contribution is -0.0913. The lowest BCUT2D eigenvalue weighted by Gasteiger charge is -2.13. The van der Waals surface area contributed by atoms with Crippen LogP contribution in [0.3, 0.4) is 0 Å². The van der Waals surface area contributed by atoms with Crippen molar-refractivity contribution in [2.75, 3.05) is 26.1 Å². The van der Waals surface area contributed by atoms with Gasteiger partial charge in [-0.1, -0.05) is 12.1 Å². The molecule has 2 aromatic rings. The molecule has 0 aliphatic rings. The molecule has 1 aromatic heterocycles. The summed E-state index contributed by atoms with van der Waals surface area (Å²) in [5.74, 6) is 0. The molecule has 0 spiro atoms. The maximum absolute atomic E-state index is 5.11. The van der Waals surface area contributed by atoms with E-state index in [9.17, 15) is 0 Å². The van der Waals surface area contributed by atoms with Crippen molar-refractivity contribution in [2.45, 2.75) is 6.29 Å². The first kappa shape index (κ1) is 11.3. The summed E-state index contributed by atoms with van der Waals surface area (Å²) >= 11 is 1.45. The minimum absolute atomic E-state index is 0.235. The van der Waals surface area contributed by atoms with Crippen LogP contribution in [0.25, 0.3) is 10.9 Å². The molecule has 0 atom stereocenters. The Morgan fingerprint density at radius 3 is 2.81 bits per heavy atom. The van der Waals surface area contributed by atoms with Crippen LogP contribution in [0.2, 0.25) is 0 Å². The van der Waals surface area contributed by atoms with E-state index in [0.717, 1.165) is 15.9 Å². The fourth-order valence-electron chi connectivity index (χ4n) is 1.46. The van der Waals surface area contributed by atoms with Crippen LogP contribution < -0.4 is 5.32 Å². The van der Waals surface area contributed by atoms with Crippen molar-refractivity contribution in [2.24, 2.45) is 0 Å². The first-order chi connectivity index (χ1) is 7.85. The Labute approximate surface area is 98.4 Å². The molecule has 1 N–H and O–H groups in total. The lowest BCUT2D eigenvalue weighted by atomic mass is 10.2. The molecule has 0 aliphatic carbocycles. The van der Waals surface area contributed by atoms with E-state index in [1.165, 1.54) is 11.5 Å². The summed E-state index contributed by atoms with van der Waals surface area (Å²) in [6.07, 6.45) is -0.235. The molecule has 2 rings (SSSR count). The van der Waals surface area contributed by atoms with Crippen molar-refractivity contribution < 1.29 is 9.47 Å². The summed E-state index contributed by atoms with van der Waals surface area (Å²) in [5, 5.41) is 5.46. The van der Waals surface area contributed by atoms with E-state index < -0.39 is 0 Å². The van der Waals surface area contributed by atoms with Crippen molar-refractivity contribution in [3.63, 3.8) is 0 Å². The minimum Gasteiger partial charge on any atom is -0.370 e. The van der Waals surface area contributed by atoms with Crippen LogP contribution in [-0.2, 0) is 9.47 Å². The van der Waals surface area contributed by atoms with Crippen LogP contribution in [0.15, 0.2) is 24.3 Å². The molecule has 16 heavy (non-hydrogen) atoms. The number of aromatic nitrogens is 1. The van der Waals surface area contributed by atoms with Crippen LogP contribution in [0.1, 0.15) is 0 Å². The first-order valence-corrected chi connectivity index (χ1v) is 5.76. The van der Waals surface area contributed by atoms with Crippen LogP contribution in [0.5, 0.6) is 0 Å². The fourth-order valence-corrected chi connectivity index (χ4v) is 2.22. The highest BCUT2D eigenvalue weighted by atomic mass is 32.1. The van der Waals surface area contributed by atoms with Gasteiger partial charge in [0.25, 0.3) is 0 Å². The van der Waals surface area contributed by atoms with Gasteiger partial charge in [0.1, 0.15) is 5.00 Å². The highest BCUT2D eigenvalue weighted by molar-refractivity contribution is 7.11. The summed E-state index contributed by atoms with van der Waals surface area (Å²) in [7, 11) is 3.25. The Morgan fingerprint density at radius 1 is 1.31 bits per heavy atom. The molecule has 0 radical (unpaired) electrons. The molecule has 4 nitrogen and oxygen atoms in total. The Balaban J connectivity index is 2.09. The Hall–Kier alpha value is -1.17. The van der Waals surface area contributed by atoms with Gasteiger partial charge in [-0.25, -0.2) is 0 Å². The van der Waals surface area contributed by atoms with E-state index in [1.807, 2.05) is 18.2 Å². The summed E-state index contributed by atoms with van der Waals surface area (Å²) in [4.78, 5) is 0. The van der Waals surface area contributed by atoms with Gasteiger partial charge < -0.3 is 14.8 Å². The molecule has 0 unspecified atom stereocenters. The van der Waals surface area contributed by atoms with Crippen molar-refractivity contribution >= 4 is 27.4 Å². The minimum atomic E-state index is -0.235. The van der Waals surface area contributed by atoms with Crippen molar-refractivity contribution in [1.29, 1.82) is 0 Å². The maximum atomic E-state index is 5.11. The van der Waals surface area contributed by atoms with Crippen LogP contribution in [0.4, 0.5) is 5.00 Å². The molecule has 1 heterocycles. The quantitative estimate of drug-likeness (QED) is 0.812. The van der Waals surface area contributed by atoms with Crippen LogP contribution in [-0.4, -0.2) is 31.4 Å². The number of hydrogen-bond donors (Lipinski definition) is 1. The van der Waals surface area contributed by atoms with Gasteiger partial charge in [0.05, 0.1) is 12.1 Å². The molecule has 0 aliphatic heterocycles. The third kappa shape index (κ3) is 2.32. The number of ether oxygens (including phenoxy) is 2. The van der Waals surface area contributed by atoms with Gasteiger partial charge in [-0.2, -0.15) is 4.37 Å². The van der Waals surface area contributed by atoms with Gasteiger partial charge in [0.15, 0.2) is 6.29 Å².